The highest BCUT2D eigenvalue weighted by Gasteiger charge is 2.39. The third-order valence-corrected chi connectivity index (χ3v) is 22.7. The van der Waals surface area contributed by atoms with Gasteiger partial charge in [-0.15, -0.1) is 34.8 Å². The second-order valence-electron chi connectivity index (χ2n) is 29.4. The first kappa shape index (κ1) is 82.9. The minimum absolute atomic E-state index is 0.0695. The fourth-order valence-electron chi connectivity index (χ4n) is 15.7. The molecule has 18 rings (SSSR count). The highest BCUT2D eigenvalue weighted by Crippen LogP contribution is 2.49. The molecule has 123 heavy (non-hydrogen) atoms. The van der Waals surface area contributed by atoms with Gasteiger partial charge >= 0.3 is 0 Å². The van der Waals surface area contributed by atoms with Crippen molar-refractivity contribution in [2.24, 2.45) is 0 Å². The Morgan fingerprint density at radius 3 is 1.27 bits per heavy atom. The number of nitrogens with zero attached hydrogens (tertiary/aromatic N) is 7. The molecule has 0 fully saturated rings. The van der Waals surface area contributed by atoms with Crippen LogP contribution in [0.4, 0.5) is 34.3 Å². The maximum atomic E-state index is 13.7. The van der Waals surface area contributed by atoms with Crippen molar-refractivity contribution in [3.8, 4) is 34.5 Å². The number of amides is 6. The zero-order chi connectivity index (χ0) is 85.5. The number of carbonyl (C=O) groups excluding carboxylic acids is 6. The Labute approximate surface area is 718 Å². The number of hydrogen-bond acceptors (Lipinski definition) is 18. The van der Waals surface area contributed by atoms with Gasteiger partial charge in [0.2, 0.25) is 0 Å². The van der Waals surface area contributed by atoms with Gasteiger partial charge in [0.25, 0.3) is 35.4 Å². The summed E-state index contributed by atoms with van der Waals surface area (Å²) in [6, 6.07) is 58.4. The molecule has 0 spiro atoms. The van der Waals surface area contributed by atoms with Gasteiger partial charge in [0, 0.05) is 151 Å². The van der Waals surface area contributed by atoms with Gasteiger partial charge in [-0.3, -0.25) is 28.8 Å². The molecule has 30 heteroatoms. The predicted octanol–water partition coefficient (Wildman–Crippen LogP) is 16.8. The number of H-pyrrole nitrogens is 2. The highest BCUT2D eigenvalue weighted by molar-refractivity contribution is 6.21. The van der Waals surface area contributed by atoms with E-state index in [1.165, 1.54) is 6.20 Å². The second-order valence-corrected chi connectivity index (χ2v) is 30.3. The van der Waals surface area contributed by atoms with E-state index in [2.05, 4.69) is 40.9 Å². The van der Waals surface area contributed by atoms with E-state index in [1.807, 2.05) is 72.8 Å². The molecule has 9 heterocycles. The molecule has 6 aromatic heterocycles. The first-order valence-corrected chi connectivity index (χ1v) is 40.9. The number of pyridine rings is 3. The third-order valence-electron chi connectivity index (χ3n) is 21.6. The van der Waals surface area contributed by atoms with Crippen molar-refractivity contribution in [3.05, 3.63) is 275 Å². The summed E-state index contributed by atoms with van der Waals surface area (Å²) >= 11 is 19.0. The Balaban J connectivity index is 0.000000137. The molecule has 0 radical (unpaired) electrons. The molecule has 6 amide bonds. The normalized spacial score (nSPS) is 14.4. The predicted molar refractivity (Wildman–Crippen MR) is 475 cm³/mol. The van der Waals surface area contributed by atoms with Crippen LogP contribution in [-0.2, 0) is 14.2 Å². The number of hydrogen-bond donors (Lipinski definition) is 8. The number of phenolic OH excluding ortho intramolecular Hbond substituents is 3. The van der Waals surface area contributed by atoms with Crippen molar-refractivity contribution in [2.75, 3.05) is 129 Å². The Bertz CT molecular complexity index is 5930. The van der Waals surface area contributed by atoms with Gasteiger partial charge in [-0.05, 0) is 142 Å². The molecule has 624 valence electrons. The number of phenols is 3. The van der Waals surface area contributed by atoms with Crippen LogP contribution in [0.5, 0.6) is 34.5 Å². The van der Waals surface area contributed by atoms with Crippen molar-refractivity contribution >= 4 is 164 Å². The van der Waals surface area contributed by atoms with Crippen molar-refractivity contribution in [1.29, 1.82) is 0 Å². The number of carbonyl (C=O) groups is 6. The van der Waals surface area contributed by atoms with Gasteiger partial charge in [0.1, 0.15) is 88.5 Å². The van der Waals surface area contributed by atoms with Crippen LogP contribution < -0.4 is 44.9 Å². The van der Waals surface area contributed by atoms with Crippen LogP contribution in [0.25, 0.3) is 59.9 Å². The fourth-order valence-corrected chi connectivity index (χ4v) is 16.4. The average molecular weight is 1710 g/mol. The van der Waals surface area contributed by atoms with E-state index in [0.29, 0.717) is 179 Å². The fraction of sp³-hybridized carbons (Fsp3) is 0.194. The van der Waals surface area contributed by atoms with Gasteiger partial charge in [-0.1, -0.05) is 72.8 Å². The van der Waals surface area contributed by atoms with Crippen LogP contribution in [0.2, 0.25) is 0 Å². The number of alkyl halides is 3. The first-order chi connectivity index (χ1) is 59.9. The summed E-state index contributed by atoms with van der Waals surface area (Å²) in [7, 11) is 4.81. The molecule has 0 aliphatic carbocycles. The Morgan fingerprint density at radius 2 is 0.829 bits per heavy atom. The largest absolute Gasteiger partial charge is 0.507 e. The zero-order valence-electron chi connectivity index (χ0n) is 66.6. The molecular formula is C93H81Cl3N12O15. The lowest BCUT2D eigenvalue weighted by Gasteiger charge is -2.17. The van der Waals surface area contributed by atoms with E-state index < -0.39 is 0 Å². The van der Waals surface area contributed by atoms with Crippen LogP contribution in [0.15, 0.2) is 225 Å². The Hall–Kier alpha value is -13.8. The molecular weight excluding hydrogens is 1630 g/mol. The number of imidazole rings is 1. The molecule has 3 aliphatic heterocycles. The number of aromatic amines is 2. The molecule has 0 saturated heterocycles. The number of aromatic hydroxyl groups is 3. The number of methoxy groups -OCH3 is 3. The first-order valence-electron chi connectivity index (χ1n) is 39.3. The summed E-state index contributed by atoms with van der Waals surface area (Å²) < 4.78 is 33.2. The molecule has 9 aromatic carbocycles. The quantitative estimate of drug-likeness (QED) is 0.0206. The number of rotatable bonds is 24. The maximum absolute atomic E-state index is 13.7. The van der Waals surface area contributed by atoms with Crippen LogP contribution >= 0.6 is 34.8 Å². The van der Waals surface area contributed by atoms with Crippen LogP contribution in [0, 0.1) is 0 Å². The Kier molecular flexibility index (Phi) is 24.7. The number of aromatic nitrogens is 6. The van der Waals surface area contributed by atoms with Crippen LogP contribution in [0.3, 0.4) is 0 Å². The van der Waals surface area contributed by atoms with E-state index in [9.17, 15) is 44.1 Å². The summed E-state index contributed by atoms with van der Waals surface area (Å²) in [5, 5.41) is 46.8. The minimum atomic E-state index is -0.319. The van der Waals surface area contributed by atoms with Gasteiger partial charge in [-0.25, -0.2) is 15.0 Å². The lowest BCUT2D eigenvalue weighted by Crippen LogP contribution is -2.30. The molecule has 0 unspecified atom stereocenters. The Morgan fingerprint density at radius 1 is 0.423 bits per heavy atom. The molecule has 3 atom stereocenters. The smallest absolute Gasteiger partial charge is 0.278 e. The van der Waals surface area contributed by atoms with E-state index >= 15 is 0 Å². The van der Waals surface area contributed by atoms with Crippen molar-refractivity contribution in [1.82, 2.24) is 29.3 Å². The summed E-state index contributed by atoms with van der Waals surface area (Å²) in [5.74, 6) is 1.72. The van der Waals surface area contributed by atoms with E-state index in [-0.39, 0.29) is 76.1 Å². The van der Waals surface area contributed by atoms with Gasteiger partial charge in [-0.2, -0.15) is 0 Å². The van der Waals surface area contributed by atoms with Gasteiger partial charge in [0.15, 0.2) is 0 Å². The third kappa shape index (κ3) is 17.4. The minimum Gasteiger partial charge on any atom is -0.507 e. The summed E-state index contributed by atoms with van der Waals surface area (Å²) in [6.45, 7) is 3.88. The average Bonchev–Trinajstić information content (AvgIpc) is 1.61. The summed E-state index contributed by atoms with van der Waals surface area (Å²) in [4.78, 5) is 104. The molecule has 0 bridgehead atoms. The van der Waals surface area contributed by atoms with Crippen molar-refractivity contribution in [2.45, 2.75) is 17.8 Å². The molecule has 0 saturated carbocycles. The summed E-state index contributed by atoms with van der Waals surface area (Å²) in [6.07, 6.45) is 6.45. The monoisotopic (exact) mass is 1710 g/mol. The van der Waals surface area contributed by atoms with Crippen molar-refractivity contribution in [3.63, 3.8) is 0 Å². The topological polar surface area (TPSA) is 339 Å². The van der Waals surface area contributed by atoms with Crippen LogP contribution in [0.1, 0.15) is 97.0 Å². The highest BCUT2D eigenvalue weighted by atomic mass is 35.5. The lowest BCUT2D eigenvalue weighted by atomic mass is 9.95. The van der Waals surface area contributed by atoms with Gasteiger partial charge in [0.05, 0.1) is 66.2 Å². The number of benzene rings is 9. The van der Waals surface area contributed by atoms with Crippen LogP contribution in [-0.4, -0.2) is 178 Å². The molecule has 8 N–H and O–H groups in total. The lowest BCUT2D eigenvalue weighted by molar-refractivity contribution is 0.0976. The van der Waals surface area contributed by atoms with Crippen molar-refractivity contribution < 1.29 is 72.5 Å². The number of halogens is 3. The number of nitrogens with one attached hydrogen (secondary N) is 5. The second kappa shape index (κ2) is 36.6. The van der Waals surface area contributed by atoms with E-state index in [4.69, 9.17) is 63.2 Å². The standard InChI is InChI=1S/3C31H27ClN4O5/c1-40-12-13-41-22-9-6-19(7-10-22)30(38)33-21-8-11-28-34-25(18-35(28)17-21)31(39)36-16-20(15-32)29-24-5-3-2-4-23(24)27(37)14-26(29)36;1-40-10-11-41-22-8-6-18(7-9-22)30(38)34-21-12-19-13-25(35-29(19)33-16-21)31(39)36-17-20(15-32)28-24-5-3-2-4-23(24)27(37)14-26(28)36;1-40-10-11-41-21-8-6-18(7-9-21)30(38)35-28-13-19-12-24(34-25(19)16-33-28)31(39)36-17-20(15-32)29-23-5-3-2-4-22(23)27(37)14-26(29)36/h2-11,14,17-18,20,37H,12-13,15-16H2,1H3,(H,33,38);2-9,12-14,16,20,37H,10-11,15,17H2,1H3,(H,33,35)(H,34,38);2-9,12-14,16,20,34,37H,10-11,15,17H2,1H3,(H,33,35,38)/t3*20-/m111/s1. The molecule has 15 aromatic rings. The number of fused-ring (bicyclic) bond motifs is 12. The number of ether oxygens (including phenoxy) is 6. The summed E-state index contributed by atoms with van der Waals surface area (Å²) in [5.41, 5.74) is 9.89. The van der Waals surface area contributed by atoms with E-state index in [1.54, 1.807) is 186 Å². The SMILES string of the molecule is COCCOc1ccc(C(=O)Nc2cc3cc(C(=O)N4C[C@@H](CCl)c5c4cc(O)c4ccccc54)[nH]c3cn2)cc1.COCCOc1ccc(C(=O)Nc2ccc3nc(C(=O)N4C[C@@H](CCl)c5c4cc(O)c4ccccc54)cn3c2)cc1.COCCOc1ccc(C(=O)Nc2cnc3[nH]c(C(=O)N4C[C@@H](CCl)c5c4cc(O)c4ccccc54)cc3c2)cc1. The molecule has 3 aliphatic rings. The van der Waals surface area contributed by atoms with E-state index in [0.717, 1.165) is 54.4 Å². The molecule has 27 nitrogen and oxygen atoms in total. The van der Waals surface area contributed by atoms with Gasteiger partial charge < -0.3 is 88.8 Å². The number of anilines is 6. The maximum Gasteiger partial charge on any atom is 0.278 e. The zero-order valence-corrected chi connectivity index (χ0v) is 68.9.